The number of anilines is 2. The Morgan fingerprint density at radius 1 is 1.21 bits per heavy atom. The highest BCUT2D eigenvalue weighted by molar-refractivity contribution is 6.28. The summed E-state index contributed by atoms with van der Waals surface area (Å²) < 4.78 is 0. The van der Waals surface area contributed by atoms with Gasteiger partial charge in [-0.1, -0.05) is 19.9 Å². The molecule has 2 aliphatic rings. The van der Waals surface area contributed by atoms with Crippen LogP contribution in [0, 0.1) is 5.92 Å². The maximum atomic E-state index is 13.0. The molecule has 6 nitrogen and oxygen atoms in total. The van der Waals surface area contributed by atoms with Gasteiger partial charge in [-0.15, -0.1) is 0 Å². The van der Waals surface area contributed by atoms with Gasteiger partial charge in [0.2, 0.25) is 5.28 Å². The zero-order valence-corrected chi connectivity index (χ0v) is 17.1. The lowest BCUT2D eigenvalue weighted by atomic mass is 10.00. The fourth-order valence-corrected chi connectivity index (χ4v) is 4.33. The number of carbonyl (C=O) groups is 1. The number of carbonyl (C=O) groups excluding carboxylic acids is 1. The van der Waals surface area contributed by atoms with Crippen molar-refractivity contribution >= 4 is 29.1 Å². The predicted molar refractivity (Wildman–Crippen MR) is 112 cm³/mol. The summed E-state index contributed by atoms with van der Waals surface area (Å²) in [6.07, 6.45) is 5.13. The fraction of sp³-hybridized carbons (Fsp3) is 0.476. The number of benzene rings is 1. The van der Waals surface area contributed by atoms with Crippen LogP contribution in [0.2, 0.25) is 5.28 Å². The maximum absolute atomic E-state index is 13.0. The summed E-state index contributed by atoms with van der Waals surface area (Å²) in [5.74, 6) is 1.13. The first-order valence-electron chi connectivity index (χ1n) is 9.94. The quantitative estimate of drug-likeness (QED) is 0.792. The first-order valence-corrected chi connectivity index (χ1v) is 10.3. The second-order valence-corrected chi connectivity index (χ2v) is 8.24. The molecule has 148 valence electrons. The molecule has 7 heteroatoms. The molecular weight excluding hydrogens is 374 g/mol. The van der Waals surface area contributed by atoms with E-state index < -0.39 is 0 Å². The van der Waals surface area contributed by atoms with Crippen molar-refractivity contribution in [2.45, 2.75) is 39.2 Å². The van der Waals surface area contributed by atoms with E-state index in [1.165, 1.54) is 17.5 Å². The van der Waals surface area contributed by atoms with Crippen molar-refractivity contribution in [3.8, 4) is 0 Å². The topological polar surface area (TPSA) is 61.4 Å². The molecule has 1 aliphatic heterocycles. The average molecular weight is 400 g/mol. The van der Waals surface area contributed by atoms with Crippen molar-refractivity contribution < 1.29 is 4.79 Å². The van der Waals surface area contributed by atoms with Gasteiger partial charge < -0.3 is 15.1 Å². The SMILES string of the molecule is CC(C)C1CN(c2ccnc(Cl)n2)CCN1C(=O)Nc1ccc2c(c1)CCC2. The summed E-state index contributed by atoms with van der Waals surface area (Å²) in [7, 11) is 0. The number of nitrogens with zero attached hydrogens (tertiary/aromatic N) is 4. The highest BCUT2D eigenvalue weighted by Crippen LogP contribution is 2.26. The summed E-state index contributed by atoms with van der Waals surface area (Å²) in [4.78, 5) is 25.4. The molecule has 4 rings (SSSR count). The highest BCUT2D eigenvalue weighted by atomic mass is 35.5. The zero-order chi connectivity index (χ0) is 19.7. The molecule has 2 aromatic rings. The van der Waals surface area contributed by atoms with Gasteiger partial charge in [0.05, 0.1) is 6.04 Å². The van der Waals surface area contributed by atoms with Crippen LogP contribution in [0.4, 0.5) is 16.3 Å². The molecular formula is C21H26ClN5O. The number of halogens is 1. The van der Waals surface area contributed by atoms with E-state index in [1.54, 1.807) is 6.20 Å². The molecule has 1 aromatic carbocycles. The van der Waals surface area contributed by atoms with Crippen LogP contribution in [-0.4, -0.2) is 46.6 Å². The van der Waals surface area contributed by atoms with E-state index in [-0.39, 0.29) is 17.4 Å². The molecule has 0 spiro atoms. The summed E-state index contributed by atoms with van der Waals surface area (Å²) in [6.45, 7) is 6.38. The van der Waals surface area contributed by atoms with Crippen LogP contribution in [0.1, 0.15) is 31.4 Å². The smallest absolute Gasteiger partial charge is 0.322 e. The molecule has 1 unspecified atom stereocenters. The molecule has 0 saturated carbocycles. The number of aromatic nitrogens is 2. The Morgan fingerprint density at radius 3 is 2.82 bits per heavy atom. The largest absolute Gasteiger partial charge is 0.353 e. The second kappa shape index (κ2) is 7.95. The monoisotopic (exact) mass is 399 g/mol. The van der Waals surface area contributed by atoms with E-state index in [9.17, 15) is 4.79 Å². The maximum Gasteiger partial charge on any atom is 0.322 e. The Bertz CT molecular complexity index is 872. The average Bonchev–Trinajstić information content (AvgIpc) is 3.15. The molecule has 1 aromatic heterocycles. The van der Waals surface area contributed by atoms with Crippen molar-refractivity contribution in [1.82, 2.24) is 14.9 Å². The second-order valence-electron chi connectivity index (χ2n) is 7.90. The van der Waals surface area contributed by atoms with E-state index in [4.69, 9.17) is 11.6 Å². The zero-order valence-electron chi connectivity index (χ0n) is 16.4. The molecule has 1 atom stereocenters. The van der Waals surface area contributed by atoms with Crippen molar-refractivity contribution in [1.29, 1.82) is 0 Å². The van der Waals surface area contributed by atoms with E-state index in [0.717, 1.165) is 30.9 Å². The number of aryl methyl sites for hydroxylation is 2. The lowest BCUT2D eigenvalue weighted by molar-refractivity contribution is 0.156. The van der Waals surface area contributed by atoms with Crippen LogP contribution >= 0.6 is 11.6 Å². The van der Waals surface area contributed by atoms with Gasteiger partial charge >= 0.3 is 6.03 Å². The third kappa shape index (κ3) is 3.92. The molecule has 28 heavy (non-hydrogen) atoms. The Labute approximate surface area is 170 Å². The number of piperazine rings is 1. The third-order valence-electron chi connectivity index (χ3n) is 5.73. The van der Waals surface area contributed by atoms with Crippen molar-refractivity contribution in [2.24, 2.45) is 5.92 Å². The van der Waals surface area contributed by atoms with Crippen LogP contribution in [0.3, 0.4) is 0 Å². The van der Waals surface area contributed by atoms with E-state index in [1.807, 2.05) is 17.0 Å². The molecule has 0 bridgehead atoms. The lowest BCUT2D eigenvalue weighted by Gasteiger charge is -2.43. The molecule has 2 heterocycles. The number of fused-ring (bicyclic) bond motifs is 1. The third-order valence-corrected chi connectivity index (χ3v) is 5.92. The van der Waals surface area contributed by atoms with Crippen LogP contribution in [0.15, 0.2) is 30.5 Å². The van der Waals surface area contributed by atoms with Gasteiger partial charge in [0.15, 0.2) is 0 Å². The van der Waals surface area contributed by atoms with Gasteiger partial charge in [-0.05, 0) is 66.1 Å². The van der Waals surface area contributed by atoms with Crippen LogP contribution < -0.4 is 10.2 Å². The summed E-state index contributed by atoms with van der Waals surface area (Å²) in [5, 5.41) is 3.36. The number of amides is 2. The van der Waals surface area contributed by atoms with Gasteiger partial charge in [0.1, 0.15) is 5.82 Å². The minimum Gasteiger partial charge on any atom is -0.353 e. The van der Waals surface area contributed by atoms with Gasteiger partial charge in [-0.3, -0.25) is 0 Å². The Hall–Kier alpha value is -2.34. The van der Waals surface area contributed by atoms with Gasteiger partial charge in [0.25, 0.3) is 0 Å². The Morgan fingerprint density at radius 2 is 2.04 bits per heavy atom. The fourth-order valence-electron chi connectivity index (χ4n) is 4.19. The standard InChI is InChI=1S/C21H26ClN5O/c1-14(2)18-13-26(19-8-9-23-20(22)25-19)10-11-27(18)21(28)24-17-7-6-15-4-3-5-16(15)12-17/h6-9,12,14,18H,3-5,10-11,13H2,1-2H3,(H,24,28). The van der Waals surface area contributed by atoms with E-state index in [2.05, 4.69) is 46.2 Å². The number of hydrogen-bond donors (Lipinski definition) is 1. The molecule has 1 fully saturated rings. The van der Waals surface area contributed by atoms with E-state index >= 15 is 0 Å². The summed E-state index contributed by atoms with van der Waals surface area (Å²) >= 11 is 5.95. The predicted octanol–water partition coefficient (Wildman–Crippen LogP) is 4.00. The first kappa shape index (κ1) is 19.0. The lowest BCUT2D eigenvalue weighted by Crippen LogP contribution is -2.58. The normalized spacial score (nSPS) is 19.1. The summed E-state index contributed by atoms with van der Waals surface area (Å²) in [5.41, 5.74) is 3.66. The van der Waals surface area contributed by atoms with Gasteiger partial charge in [0, 0.05) is 31.5 Å². The number of hydrogen-bond acceptors (Lipinski definition) is 4. The van der Waals surface area contributed by atoms with Crippen molar-refractivity contribution in [3.63, 3.8) is 0 Å². The van der Waals surface area contributed by atoms with E-state index in [0.29, 0.717) is 19.0 Å². The van der Waals surface area contributed by atoms with Crippen LogP contribution in [-0.2, 0) is 12.8 Å². The molecule has 1 N–H and O–H groups in total. The Balaban J connectivity index is 1.47. The molecule has 0 radical (unpaired) electrons. The van der Waals surface area contributed by atoms with Gasteiger partial charge in [-0.25, -0.2) is 14.8 Å². The molecule has 1 aliphatic carbocycles. The first-order chi connectivity index (χ1) is 13.5. The molecule has 1 saturated heterocycles. The van der Waals surface area contributed by atoms with Crippen molar-refractivity contribution in [2.75, 3.05) is 29.9 Å². The minimum atomic E-state index is -0.0305. The highest BCUT2D eigenvalue weighted by Gasteiger charge is 2.33. The molecule has 2 amide bonds. The Kier molecular flexibility index (Phi) is 5.40. The minimum absolute atomic E-state index is 0.0305. The number of urea groups is 1. The summed E-state index contributed by atoms with van der Waals surface area (Å²) in [6, 6.07) is 8.22. The van der Waals surface area contributed by atoms with Crippen LogP contribution in [0.5, 0.6) is 0 Å². The van der Waals surface area contributed by atoms with Gasteiger partial charge in [-0.2, -0.15) is 0 Å². The number of rotatable bonds is 3. The van der Waals surface area contributed by atoms with Crippen molar-refractivity contribution in [3.05, 3.63) is 46.9 Å². The number of nitrogens with one attached hydrogen (secondary N) is 1. The van der Waals surface area contributed by atoms with Crippen LogP contribution in [0.25, 0.3) is 0 Å².